The van der Waals surface area contributed by atoms with Gasteiger partial charge in [-0.2, -0.15) is 0 Å². The molecule has 116 valence electrons. The van der Waals surface area contributed by atoms with Crippen LogP contribution in [0.3, 0.4) is 0 Å². The zero-order valence-electron chi connectivity index (χ0n) is 12.4. The van der Waals surface area contributed by atoms with Crippen LogP contribution in [-0.4, -0.2) is 47.9 Å². The van der Waals surface area contributed by atoms with Crippen molar-refractivity contribution < 1.29 is 13.6 Å². The summed E-state index contributed by atoms with van der Waals surface area (Å²) in [5.74, 6) is -2.04. The van der Waals surface area contributed by atoms with Gasteiger partial charge in [0.25, 0.3) is 5.91 Å². The number of rotatable bonds is 3. The predicted octanol–water partition coefficient (Wildman–Crippen LogP) is 2.10. The number of anilines is 1. The van der Waals surface area contributed by atoms with Gasteiger partial charge in [0, 0.05) is 32.2 Å². The molecule has 1 aromatic carbocycles. The molecule has 0 aromatic heterocycles. The zero-order chi connectivity index (χ0) is 15.6. The second kappa shape index (κ2) is 6.39. The van der Waals surface area contributed by atoms with E-state index in [-0.39, 0.29) is 11.3 Å². The molecule has 1 aromatic rings. The van der Waals surface area contributed by atoms with E-state index in [9.17, 15) is 13.6 Å². The second-order valence-electron chi connectivity index (χ2n) is 5.44. The Morgan fingerprint density at radius 3 is 2.48 bits per heavy atom. The van der Waals surface area contributed by atoms with Crippen LogP contribution in [0.5, 0.6) is 0 Å². The van der Waals surface area contributed by atoms with Crippen LogP contribution in [0.25, 0.3) is 0 Å². The summed E-state index contributed by atoms with van der Waals surface area (Å²) in [5.41, 5.74) is 4.75. The molecular weight excluding hydrogens is 276 g/mol. The SMILES string of the molecule is CCC(C)N1CCN(C(=O)c2cc(F)cc(N)c2F)CC1. The zero-order valence-corrected chi connectivity index (χ0v) is 12.4. The Morgan fingerprint density at radius 1 is 1.29 bits per heavy atom. The van der Waals surface area contributed by atoms with Crippen LogP contribution in [0.4, 0.5) is 14.5 Å². The molecule has 1 aliphatic rings. The van der Waals surface area contributed by atoms with Gasteiger partial charge in [-0.05, 0) is 25.5 Å². The molecule has 1 atom stereocenters. The maximum Gasteiger partial charge on any atom is 0.257 e. The third-order valence-corrected chi connectivity index (χ3v) is 4.11. The molecule has 4 nitrogen and oxygen atoms in total. The second-order valence-corrected chi connectivity index (χ2v) is 5.44. The van der Waals surface area contributed by atoms with Gasteiger partial charge in [0.15, 0.2) is 5.82 Å². The van der Waals surface area contributed by atoms with Crippen molar-refractivity contribution >= 4 is 11.6 Å². The maximum atomic E-state index is 13.9. The summed E-state index contributed by atoms with van der Waals surface area (Å²) < 4.78 is 27.2. The van der Waals surface area contributed by atoms with Crippen LogP contribution in [0.2, 0.25) is 0 Å². The molecule has 0 bridgehead atoms. The minimum Gasteiger partial charge on any atom is -0.396 e. The Bertz CT molecular complexity index is 528. The number of piperazine rings is 1. The number of benzene rings is 1. The molecule has 1 unspecified atom stereocenters. The average Bonchev–Trinajstić information content (AvgIpc) is 2.49. The molecule has 1 aliphatic heterocycles. The number of hydrogen-bond acceptors (Lipinski definition) is 3. The van der Waals surface area contributed by atoms with E-state index in [2.05, 4.69) is 18.7 Å². The molecule has 2 N–H and O–H groups in total. The van der Waals surface area contributed by atoms with Crippen molar-refractivity contribution in [2.24, 2.45) is 0 Å². The lowest BCUT2D eigenvalue weighted by atomic mass is 10.1. The molecule has 0 spiro atoms. The summed E-state index contributed by atoms with van der Waals surface area (Å²) in [6, 6.07) is 2.26. The van der Waals surface area contributed by atoms with E-state index < -0.39 is 17.5 Å². The summed E-state index contributed by atoms with van der Waals surface area (Å²) in [5, 5.41) is 0. The summed E-state index contributed by atoms with van der Waals surface area (Å²) in [7, 11) is 0. The molecular formula is C15H21F2N3O. The molecule has 2 rings (SSSR count). The Balaban J connectivity index is 2.09. The fourth-order valence-corrected chi connectivity index (χ4v) is 2.56. The first-order valence-corrected chi connectivity index (χ1v) is 7.21. The Morgan fingerprint density at radius 2 is 1.90 bits per heavy atom. The normalized spacial score (nSPS) is 17.8. The van der Waals surface area contributed by atoms with Crippen LogP contribution < -0.4 is 5.73 Å². The minimum atomic E-state index is -0.842. The van der Waals surface area contributed by atoms with E-state index in [1.165, 1.54) is 0 Å². The van der Waals surface area contributed by atoms with Crippen LogP contribution in [-0.2, 0) is 0 Å². The summed E-state index contributed by atoms with van der Waals surface area (Å²) >= 11 is 0. The fraction of sp³-hybridized carbons (Fsp3) is 0.533. The van der Waals surface area contributed by atoms with Crippen LogP contribution in [0.15, 0.2) is 12.1 Å². The van der Waals surface area contributed by atoms with Crippen molar-refractivity contribution in [1.82, 2.24) is 9.80 Å². The number of carbonyl (C=O) groups is 1. The lowest BCUT2D eigenvalue weighted by Gasteiger charge is -2.37. The monoisotopic (exact) mass is 297 g/mol. The first kappa shape index (κ1) is 15.7. The van der Waals surface area contributed by atoms with E-state index in [1.807, 2.05) is 0 Å². The third kappa shape index (κ3) is 3.32. The van der Waals surface area contributed by atoms with Gasteiger partial charge in [0.2, 0.25) is 0 Å². The minimum absolute atomic E-state index is 0.288. The van der Waals surface area contributed by atoms with Gasteiger partial charge in [0.05, 0.1) is 11.3 Å². The lowest BCUT2D eigenvalue weighted by molar-refractivity contribution is 0.0575. The highest BCUT2D eigenvalue weighted by molar-refractivity contribution is 5.95. The first-order chi connectivity index (χ1) is 9.93. The van der Waals surface area contributed by atoms with Gasteiger partial charge < -0.3 is 10.6 Å². The molecule has 6 heteroatoms. The first-order valence-electron chi connectivity index (χ1n) is 7.21. The number of halogens is 2. The van der Waals surface area contributed by atoms with E-state index in [0.717, 1.165) is 31.6 Å². The molecule has 21 heavy (non-hydrogen) atoms. The van der Waals surface area contributed by atoms with Crippen LogP contribution in [0, 0.1) is 11.6 Å². The van der Waals surface area contributed by atoms with Crippen LogP contribution >= 0.6 is 0 Å². The van der Waals surface area contributed by atoms with Crippen LogP contribution in [0.1, 0.15) is 30.6 Å². The van der Waals surface area contributed by atoms with Gasteiger partial charge >= 0.3 is 0 Å². The van der Waals surface area contributed by atoms with E-state index >= 15 is 0 Å². The van der Waals surface area contributed by atoms with Gasteiger partial charge in [-0.15, -0.1) is 0 Å². The number of amides is 1. The summed E-state index contributed by atoms with van der Waals surface area (Å²) in [6.45, 7) is 6.77. The number of nitrogen functional groups attached to an aromatic ring is 1. The number of hydrogen-bond donors (Lipinski definition) is 1. The van der Waals surface area contributed by atoms with Gasteiger partial charge in [-0.1, -0.05) is 6.92 Å². The van der Waals surface area contributed by atoms with Gasteiger partial charge in [-0.25, -0.2) is 8.78 Å². The molecule has 1 fully saturated rings. The fourth-order valence-electron chi connectivity index (χ4n) is 2.56. The maximum absolute atomic E-state index is 13.9. The van der Waals surface area contributed by atoms with Gasteiger partial charge in [-0.3, -0.25) is 9.69 Å². The Hall–Kier alpha value is -1.69. The van der Waals surface area contributed by atoms with Crippen molar-refractivity contribution in [1.29, 1.82) is 0 Å². The number of nitrogens with zero attached hydrogens (tertiary/aromatic N) is 2. The molecule has 1 heterocycles. The Labute approximate surface area is 123 Å². The van der Waals surface area contributed by atoms with Crippen molar-refractivity contribution in [2.45, 2.75) is 26.3 Å². The molecule has 0 aliphatic carbocycles. The smallest absolute Gasteiger partial charge is 0.257 e. The van der Waals surface area contributed by atoms with E-state index in [1.54, 1.807) is 4.90 Å². The van der Waals surface area contributed by atoms with E-state index in [4.69, 9.17) is 5.73 Å². The quantitative estimate of drug-likeness (QED) is 0.869. The summed E-state index contributed by atoms with van der Waals surface area (Å²) in [6.07, 6.45) is 1.04. The van der Waals surface area contributed by atoms with Gasteiger partial charge in [0.1, 0.15) is 5.82 Å². The topological polar surface area (TPSA) is 49.6 Å². The largest absolute Gasteiger partial charge is 0.396 e. The molecule has 0 saturated carbocycles. The number of carbonyl (C=O) groups excluding carboxylic acids is 1. The van der Waals surface area contributed by atoms with Crippen molar-refractivity contribution in [2.75, 3.05) is 31.9 Å². The molecule has 1 amide bonds. The van der Waals surface area contributed by atoms with Crippen molar-refractivity contribution in [3.8, 4) is 0 Å². The average molecular weight is 297 g/mol. The Kier molecular flexibility index (Phi) is 4.77. The highest BCUT2D eigenvalue weighted by Gasteiger charge is 2.26. The van der Waals surface area contributed by atoms with Crippen molar-refractivity contribution in [3.63, 3.8) is 0 Å². The number of nitrogens with two attached hydrogens (primary N) is 1. The highest BCUT2D eigenvalue weighted by Crippen LogP contribution is 2.20. The van der Waals surface area contributed by atoms with E-state index in [0.29, 0.717) is 19.1 Å². The lowest BCUT2D eigenvalue weighted by Crippen LogP contribution is -2.51. The standard InChI is InChI=1S/C15H21F2N3O/c1-3-10(2)19-4-6-20(7-5-19)15(21)12-8-11(16)9-13(18)14(12)17/h8-10H,3-7,18H2,1-2H3. The highest BCUT2D eigenvalue weighted by atomic mass is 19.1. The predicted molar refractivity (Wildman–Crippen MR) is 78.0 cm³/mol. The van der Waals surface area contributed by atoms with Crippen molar-refractivity contribution in [3.05, 3.63) is 29.3 Å². The molecule has 1 saturated heterocycles. The summed E-state index contributed by atoms with van der Waals surface area (Å²) in [4.78, 5) is 16.2. The third-order valence-electron chi connectivity index (χ3n) is 4.11. The molecule has 0 radical (unpaired) electrons.